The van der Waals surface area contributed by atoms with Crippen molar-refractivity contribution in [1.29, 1.82) is 0 Å². The van der Waals surface area contributed by atoms with E-state index < -0.39 is 19.8 Å². The van der Waals surface area contributed by atoms with Crippen LogP contribution in [-0.4, -0.2) is 13.5 Å². The van der Waals surface area contributed by atoms with E-state index in [-0.39, 0.29) is 5.41 Å². The maximum atomic E-state index is 12.7. The van der Waals surface area contributed by atoms with Crippen molar-refractivity contribution >= 4 is 18.7 Å². The van der Waals surface area contributed by atoms with Crippen LogP contribution < -0.4 is 5.19 Å². The second kappa shape index (κ2) is 7.42. The fraction of sp³-hybridized carbons (Fsp3) is 0.632. The molecule has 5 heteroatoms. The molecule has 0 saturated heterocycles. The first-order valence-electron chi connectivity index (χ1n) is 8.81. The minimum absolute atomic E-state index is 0.244. The molecule has 0 spiro atoms. The summed E-state index contributed by atoms with van der Waals surface area (Å²) >= 11 is 0. The van der Waals surface area contributed by atoms with Crippen molar-refractivity contribution in [2.75, 3.05) is 0 Å². The highest BCUT2D eigenvalue weighted by Gasteiger charge is 2.34. The monoisotopic (exact) mass is 356 g/mol. The lowest BCUT2D eigenvalue weighted by molar-refractivity contribution is -0.137. The van der Waals surface area contributed by atoms with Crippen LogP contribution in [0.2, 0.25) is 13.1 Å². The maximum Gasteiger partial charge on any atom is 0.416 e. The van der Waals surface area contributed by atoms with Crippen molar-refractivity contribution in [2.24, 2.45) is 11.8 Å². The number of benzene rings is 1. The average molecular weight is 357 g/mol. The molecule has 1 fully saturated rings. The van der Waals surface area contributed by atoms with Gasteiger partial charge in [0.15, 0.2) is 8.07 Å². The molecular formula is C19H27F3OSi. The summed E-state index contributed by atoms with van der Waals surface area (Å²) in [6.07, 6.45) is 2.09. The van der Waals surface area contributed by atoms with E-state index >= 15 is 0 Å². The first kappa shape index (κ1) is 19.2. The molecule has 0 aliphatic heterocycles. The molecule has 0 amide bonds. The van der Waals surface area contributed by atoms with Gasteiger partial charge < -0.3 is 4.79 Å². The molecule has 1 aromatic rings. The van der Waals surface area contributed by atoms with Crippen molar-refractivity contribution < 1.29 is 18.0 Å². The molecule has 0 N–H and O–H groups in total. The van der Waals surface area contributed by atoms with E-state index in [1.165, 1.54) is 31.4 Å². The summed E-state index contributed by atoms with van der Waals surface area (Å²) in [5, 5.41) is 1.03. The normalized spacial score (nSPS) is 21.9. The summed E-state index contributed by atoms with van der Waals surface area (Å²) in [5.41, 5.74) is -0.654. The highest BCUT2D eigenvalue weighted by Crippen LogP contribution is 2.33. The Balaban J connectivity index is 1.92. The number of halogens is 3. The summed E-state index contributed by atoms with van der Waals surface area (Å²) < 4.78 is 38.0. The Morgan fingerprint density at radius 3 is 2.29 bits per heavy atom. The Kier molecular flexibility index (Phi) is 5.94. The molecule has 0 aromatic heterocycles. The van der Waals surface area contributed by atoms with E-state index in [9.17, 15) is 18.0 Å². The number of carbonyl (C=O) groups is 1. The van der Waals surface area contributed by atoms with Gasteiger partial charge in [0.2, 0.25) is 0 Å². The van der Waals surface area contributed by atoms with E-state index in [1.807, 2.05) is 13.1 Å². The number of carbonyl (C=O) groups excluding carboxylic acids is 1. The van der Waals surface area contributed by atoms with Gasteiger partial charge in [0.25, 0.3) is 0 Å². The van der Waals surface area contributed by atoms with Crippen molar-refractivity contribution in [3.05, 3.63) is 29.8 Å². The average Bonchev–Trinajstić information content (AvgIpc) is 2.92. The fourth-order valence-corrected chi connectivity index (χ4v) is 5.81. The van der Waals surface area contributed by atoms with E-state index in [0.717, 1.165) is 42.0 Å². The van der Waals surface area contributed by atoms with E-state index in [2.05, 4.69) is 6.92 Å². The molecule has 2 rings (SSSR count). The molecule has 0 radical (unpaired) electrons. The Labute approximate surface area is 143 Å². The molecule has 0 bridgehead atoms. The first-order chi connectivity index (χ1) is 11.1. The summed E-state index contributed by atoms with van der Waals surface area (Å²) in [4.78, 5) is 12.6. The molecule has 1 aromatic carbocycles. The fourth-order valence-electron chi connectivity index (χ4n) is 3.69. The van der Waals surface area contributed by atoms with Crippen LogP contribution in [0.3, 0.4) is 0 Å². The van der Waals surface area contributed by atoms with Crippen LogP contribution in [0.25, 0.3) is 0 Å². The molecule has 0 unspecified atom stereocenters. The SMILES string of the molecule is C[C@H]1CC[C@H](CCCC(=O)[Si](C)(C)c2ccc(C(F)(F)F)cc2)C1. The van der Waals surface area contributed by atoms with Gasteiger partial charge in [0.1, 0.15) is 5.41 Å². The molecular weight excluding hydrogens is 329 g/mol. The van der Waals surface area contributed by atoms with Crippen LogP contribution in [0.5, 0.6) is 0 Å². The summed E-state index contributed by atoms with van der Waals surface area (Å²) in [7, 11) is -2.36. The third-order valence-electron chi connectivity index (χ3n) is 5.45. The summed E-state index contributed by atoms with van der Waals surface area (Å²) in [6, 6.07) is 5.17. The van der Waals surface area contributed by atoms with Crippen LogP contribution in [0.15, 0.2) is 24.3 Å². The molecule has 1 nitrogen and oxygen atoms in total. The summed E-state index contributed by atoms with van der Waals surface area (Å²) in [5.74, 6) is 1.56. The van der Waals surface area contributed by atoms with Crippen molar-refractivity contribution in [3.63, 3.8) is 0 Å². The third kappa shape index (κ3) is 4.71. The van der Waals surface area contributed by atoms with Gasteiger partial charge in [-0.25, -0.2) is 0 Å². The third-order valence-corrected chi connectivity index (χ3v) is 8.87. The first-order valence-corrected chi connectivity index (χ1v) is 11.8. The lowest BCUT2D eigenvalue weighted by Gasteiger charge is -2.22. The second-order valence-corrected chi connectivity index (χ2v) is 12.2. The number of hydrogen-bond donors (Lipinski definition) is 0. The highest BCUT2D eigenvalue weighted by molar-refractivity contribution is 7.13. The molecule has 0 heterocycles. The predicted octanol–water partition coefficient (Wildman–Crippen LogP) is 5.34. The zero-order valence-electron chi connectivity index (χ0n) is 14.7. The topological polar surface area (TPSA) is 17.1 Å². The van der Waals surface area contributed by atoms with Gasteiger partial charge in [0.05, 0.1) is 5.56 Å². The summed E-state index contributed by atoms with van der Waals surface area (Å²) in [6.45, 7) is 6.16. The van der Waals surface area contributed by atoms with Gasteiger partial charge in [-0.15, -0.1) is 0 Å². The molecule has 2 atom stereocenters. The Morgan fingerprint density at radius 1 is 1.17 bits per heavy atom. The molecule has 24 heavy (non-hydrogen) atoms. The van der Waals surface area contributed by atoms with Crippen LogP contribution in [0, 0.1) is 11.8 Å². The molecule has 1 aliphatic rings. The van der Waals surface area contributed by atoms with Crippen LogP contribution in [0.1, 0.15) is 51.0 Å². The predicted molar refractivity (Wildman–Crippen MR) is 93.9 cm³/mol. The lowest BCUT2D eigenvalue weighted by atomic mass is 9.99. The van der Waals surface area contributed by atoms with E-state index in [4.69, 9.17) is 0 Å². The molecule has 1 saturated carbocycles. The van der Waals surface area contributed by atoms with Crippen LogP contribution in [0.4, 0.5) is 13.2 Å². The molecule has 1 aliphatic carbocycles. The van der Waals surface area contributed by atoms with Crippen molar-refractivity contribution in [1.82, 2.24) is 0 Å². The van der Waals surface area contributed by atoms with Gasteiger partial charge in [-0.2, -0.15) is 13.2 Å². The van der Waals surface area contributed by atoms with Gasteiger partial charge in [-0.05, 0) is 24.7 Å². The van der Waals surface area contributed by atoms with Crippen molar-refractivity contribution in [2.45, 2.75) is 64.7 Å². The second-order valence-electron chi connectivity index (χ2n) is 7.80. The lowest BCUT2D eigenvalue weighted by Crippen LogP contribution is -2.49. The minimum Gasteiger partial charge on any atom is -0.305 e. The number of rotatable bonds is 6. The van der Waals surface area contributed by atoms with Crippen LogP contribution in [-0.2, 0) is 11.0 Å². The van der Waals surface area contributed by atoms with Crippen LogP contribution >= 0.6 is 0 Å². The number of alkyl halides is 3. The largest absolute Gasteiger partial charge is 0.416 e. The Hall–Kier alpha value is -1.10. The van der Waals surface area contributed by atoms with Gasteiger partial charge in [-0.3, -0.25) is 0 Å². The zero-order chi connectivity index (χ0) is 18.0. The zero-order valence-corrected chi connectivity index (χ0v) is 15.7. The van der Waals surface area contributed by atoms with Gasteiger partial charge in [0, 0.05) is 6.42 Å². The standard InChI is InChI=1S/C19H27F3OSi/c1-14-7-8-15(13-14)5-4-6-18(23)24(2,3)17-11-9-16(10-12-17)19(20,21)22/h9-12,14-15H,4-8,13H2,1-3H3/t14-,15-/m0/s1. The maximum absolute atomic E-state index is 12.7. The van der Waals surface area contributed by atoms with Gasteiger partial charge in [-0.1, -0.05) is 68.7 Å². The number of hydrogen-bond acceptors (Lipinski definition) is 1. The minimum atomic E-state index is -4.33. The Bertz CT molecular complexity index is 563. The van der Waals surface area contributed by atoms with E-state index in [1.54, 1.807) is 0 Å². The quantitative estimate of drug-likeness (QED) is 0.629. The Morgan fingerprint density at radius 2 is 1.79 bits per heavy atom. The van der Waals surface area contributed by atoms with Gasteiger partial charge >= 0.3 is 6.18 Å². The van der Waals surface area contributed by atoms with E-state index in [0.29, 0.717) is 6.42 Å². The highest BCUT2D eigenvalue weighted by atomic mass is 28.3. The molecule has 134 valence electrons. The van der Waals surface area contributed by atoms with Crippen molar-refractivity contribution in [3.8, 4) is 0 Å². The smallest absolute Gasteiger partial charge is 0.305 e.